The summed E-state index contributed by atoms with van der Waals surface area (Å²) >= 11 is 1.48. The summed E-state index contributed by atoms with van der Waals surface area (Å²) in [6, 6.07) is 11.5. The maximum atomic E-state index is 12.5. The fraction of sp³-hybridized carbons (Fsp3) is 0.0667. The van der Waals surface area contributed by atoms with Crippen molar-refractivity contribution in [3.05, 3.63) is 64.0 Å². The van der Waals surface area contributed by atoms with Gasteiger partial charge in [-0.1, -0.05) is 18.2 Å². The van der Waals surface area contributed by atoms with Crippen LogP contribution in [0.2, 0.25) is 0 Å². The molecule has 3 heteroatoms. The van der Waals surface area contributed by atoms with E-state index < -0.39 is 0 Å². The van der Waals surface area contributed by atoms with Gasteiger partial charge < -0.3 is 0 Å². The number of carbonyl (C=O) groups is 1. The molecule has 0 radical (unpaired) electrons. The topological polar surface area (TPSA) is 30.0 Å². The van der Waals surface area contributed by atoms with Crippen LogP contribution in [0.15, 0.2) is 48.0 Å². The van der Waals surface area contributed by atoms with Crippen molar-refractivity contribution in [3.63, 3.8) is 0 Å². The third kappa shape index (κ3) is 1.73. The van der Waals surface area contributed by atoms with Crippen molar-refractivity contribution >= 4 is 28.0 Å². The van der Waals surface area contributed by atoms with Gasteiger partial charge in [0.1, 0.15) is 0 Å². The van der Waals surface area contributed by atoms with Crippen LogP contribution in [0, 0.1) is 6.92 Å². The number of pyridine rings is 1. The molecule has 0 spiro atoms. The van der Waals surface area contributed by atoms with Crippen molar-refractivity contribution in [2.75, 3.05) is 0 Å². The zero-order valence-corrected chi connectivity index (χ0v) is 10.7. The predicted octanol–water partition coefficient (Wildman–Crippen LogP) is 3.84. The van der Waals surface area contributed by atoms with Crippen LogP contribution in [0.5, 0.6) is 0 Å². The van der Waals surface area contributed by atoms with E-state index in [0.29, 0.717) is 5.56 Å². The molecule has 2 nitrogen and oxygen atoms in total. The van der Waals surface area contributed by atoms with Crippen LogP contribution >= 0.6 is 11.3 Å². The number of carbonyl (C=O) groups excluding carboxylic acids is 1. The minimum atomic E-state index is 0.0619. The molecule has 2 aromatic heterocycles. The summed E-state index contributed by atoms with van der Waals surface area (Å²) in [5.41, 5.74) is 2.48. The Balaban J connectivity index is 2.21. The molecule has 0 fully saturated rings. The number of para-hydroxylation sites is 1. The van der Waals surface area contributed by atoms with E-state index in [1.54, 1.807) is 6.20 Å². The van der Waals surface area contributed by atoms with E-state index in [1.807, 2.05) is 48.7 Å². The van der Waals surface area contributed by atoms with Crippen molar-refractivity contribution < 1.29 is 4.79 Å². The van der Waals surface area contributed by atoms with Gasteiger partial charge in [-0.15, -0.1) is 11.3 Å². The van der Waals surface area contributed by atoms with Gasteiger partial charge in [0, 0.05) is 17.1 Å². The Morgan fingerprint density at radius 1 is 1.17 bits per heavy atom. The Hall–Kier alpha value is -2.00. The van der Waals surface area contributed by atoms with Gasteiger partial charge in [0.15, 0.2) is 0 Å². The first-order chi connectivity index (χ1) is 8.77. The van der Waals surface area contributed by atoms with E-state index in [-0.39, 0.29) is 5.78 Å². The lowest BCUT2D eigenvalue weighted by atomic mass is 10.0. The number of ketones is 1. The molecule has 3 rings (SSSR count). The van der Waals surface area contributed by atoms with Crippen LogP contribution in [-0.4, -0.2) is 10.8 Å². The normalized spacial score (nSPS) is 10.7. The number of hydrogen-bond acceptors (Lipinski definition) is 3. The van der Waals surface area contributed by atoms with Crippen molar-refractivity contribution in [1.82, 2.24) is 4.98 Å². The average molecular weight is 253 g/mol. The summed E-state index contributed by atoms with van der Waals surface area (Å²) in [5, 5.41) is 2.94. The minimum Gasteiger partial charge on any atom is -0.288 e. The monoisotopic (exact) mass is 253 g/mol. The van der Waals surface area contributed by atoms with E-state index >= 15 is 0 Å². The standard InChI is InChI=1S/C15H11NOS/c1-10-7-9-18-15(10)14(17)12-6-2-4-11-5-3-8-16-13(11)12/h2-9H,1H3. The maximum Gasteiger partial charge on any atom is 0.205 e. The molecular weight excluding hydrogens is 242 g/mol. The minimum absolute atomic E-state index is 0.0619. The summed E-state index contributed by atoms with van der Waals surface area (Å²) in [6.07, 6.45) is 1.72. The highest BCUT2D eigenvalue weighted by atomic mass is 32.1. The molecule has 0 saturated carbocycles. The van der Waals surface area contributed by atoms with E-state index in [2.05, 4.69) is 4.98 Å². The predicted molar refractivity (Wildman–Crippen MR) is 74.2 cm³/mol. The number of nitrogens with zero attached hydrogens (tertiary/aromatic N) is 1. The van der Waals surface area contributed by atoms with Gasteiger partial charge in [0.05, 0.1) is 10.4 Å². The van der Waals surface area contributed by atoms with Crippen molar-refractivity contribution in [2.45, 2.75) is 6.92 Å². The average Bonchev–Trinajstić information content (AvgIpc) is 2.83. The molecule has 0 aliphatic carbocycles. The lowest BCUT2D eigenvalue weighted by Gasteiger charge is -2.04. The number of rotatable bonds is 2. The number of benzene rings is 1. The van der Waals surface area contributed by atoms with Gasteiger partial charge in [-0.2, -0.15) is 0 Å². The largest absolute Gasteiger partial charge is 0.288 e. The summed E-state index contributed by atoms with van der Waals surface area (Å²) < 4.78 is 0. The summed E-state index contributed by atoms with van der Waals surface area (Å²) in [4.78, 5) is 17.6. The maximum absolute atomic E-state index is 12.5. The molecule has 18 heavy (non-hydrogen) atoms. The van der Waals surface area contributed by atoms with Crippen LogP contribution in [0.1, 0.15) is 20.8 Å². The highest BCUT2D eigenvalue weighted by molar-refractivity contribution is 7.12. The van der Waals surface area contributed by atoms with Crippen LogP contribution in [0.25, 0.3) is 10.9 Å². The van der Waals surface area contributed by atoms with Crippen LogP contribution in [0.4, 0.5) is 0 Å². The van der Waals surface area contributed by atoms with E-state index in [4.69, 9.17) is 0 Å². The lowest BCUT2D eigenvalue weighted by molar-refractivity contribution is 0.104. The quantitative estimate of drug-likeness (QED) is 0.649. The van der Waals surface area contributed by atoms with Crippen molar-refractivity contribution in [1.29, 1.82) is 0 Å². The van der Waals surface area contributed by atoms with Gasteiger partial charge in [-0.3, -0.25) is 9.78 Å². The van der Waals surface area contributed by atoms with Gasteiger partial charge in [-0.05, 0) is 36.1 Å². The number of aryl methyl sites for hydroxylation is 1. The number of hydrogen-bond donors (Lipinski definition) is 0. The number of fused-ring (bicyclic) bond motifs is 1. The summed E-state index contributed by atoms with van der Waals surface area (Å²) in [7, 11) is 0. The molecule has 0 bridgehead atoms. The first-order valence-electron chi connectivity index (χ1n) is 5.70. The van der Waals surface area contributed by atoms with E-state index in [0.717, 1.165) is 21.3 Å². The molecular formula is C15H11NOS. The molecule has 3 aromatic rings. The lowest BCUT2D eigenvalue weighted by Crippen LogP contribution is -2.02. The molecule has 0 saturated heterocycles. The fourth-order valence-electron chi connectivity index (χ4n) is 2.02. The molecule has 0 N–H and O–H groups in total. The molecule has 0 amide bonds. The molecule has 2 heterocycles. The third-order valence-electron chi connectivity index (χ3n) is 2.95. The van der Waals surface area contributed by atoms with Crippen LogP contribution in [0.3, 0.4) is 0 Å². The highest BCUT2D eigenvalue weighted by Gasteiger charge is 2.16. The summed E-state index contributed by atoms with van der Waals surface area (Å²) in [5.74, 6) is 0.0619. The molecule has 0 aliphatic rings. The third-order valence-corrected chi connectivity index (χ3v) is 3.96. The van der Waals surface area contributed by atoms with Crippen LogP contribution in [-0.2, 0) is 0 Å². The first-order valence-corrected chi connectivity index (χ1v) is 6.58. The van der Waals surface area contributed by atoms with Crippen LogP contribution < -0.4 is 0 Å². The Labute approximate surface area is 109 Å². The molecule has 1 aromatic carbocycles. The van der Waals surface area contributed by atoms with E-state index in [1.165, 1.54) is 11.3 Å². The smallest absolute Gasteiger partial charge is 0.205 e. The Kier molecular flexibility index (Phi) is 2.68. The van der Waals surface area contributed by atoms with Gasteiger partial charge in [0.25, 0.3) is 0 Å². The zero-order valence-electron chi connectivity index (χ0n) is 9.88. The molecule has 0 atom stereocenters. The second kappa shape index (κ2) is 4.35. The van der Waals surface area contributed by atoms with E-state index in [9.17, 15) is 4.79 Å². The summed E-state index contributed by atoms with van der Waals surface area (Å²) in [6.45, 7) is 1.96. The molecule has 0 aliphatic heterocycles. The van der Waals surface area contributed by atoms with Crippen molar-refractivity contribution in [3.8, 4) is 0 Å². The Morgan fingerprint density at radius 2 is 2.00 bits per heavy atom. The molecule has 0 unspecified atom stereocenters. The van der Waals surface area contributed by atoms with Gasteiger partial charge in [-0.25, -0.2) is 0 Å². The second-order valence-corrected chi connectivity index (χ2v) is 5.06. The SMILES string of the molecule is Cc1ccsc1C(=O)c1cccc2cccnc12. The first kappa shape index (κ1) is 11.1. The zero-order chi connectivity index (χ0) is 12.5. The highest BCUT2D eigenvalue weighted by Crippen LogP contribution is 2.24. The molecule has 88 valence electrons. The van der Waals surface area contributed by atoms with Crippen molar-refractivity contribution in [2.24, 2.45) is 0 Å². The number of aromatic nitrogens is 1. The van der Waals surface area contributed by atoms with Gasteiger partial charge in [0.2, 0.25) is 5.78 Å². The Morgan fingerprint density at radius 3 is 2.78 bits per heavy atom. The Bertz CT molecular complexity index is 725. The number of thiophene rings is 1. The van der Waals surface area contributed by atoms with Gasteiger partial charge >= 0.3 is 0 Å². The fourth-order valence-corrected chi connectivity index (χ4v) is 2.89. The second-order valence-electron chi connectivity index (χ2n) is 4.14.